The van der Waals surface area contributed by atoms with Crippen molar-refractivity contribution in [3.63, 3.8) is 0 Å². The molecule has 0 aliphatic carbocycles. The third kappa shape index (κ3) is 3.29. The monoisotopic (exact) mass is 404 g/mol. The van der Waals surface area contributed by atoms with Gasteiger partial charge in [0.05, 0.1) is 18.4 Å². The summed E-state index contributed by atoms with van der Waals surface area (Å²) in [6.45, 7) is 1.70. The minimum atomic E-state index is -0.557. The molecule has 0 spiro atoms. The van der Waals surface area contributed by atoms with Crippen LogP contribution >= 0.6 is 15.9 Å². The number of nitrogens with two attached hydrogens (primary N) is 1. The van der Waals surface area contributed by atoms with Gasteiger partial charge < -0.3 is 16.4 Å². The van der Waals surface area contributed by atoms with Gasteiger partial charge in [-0.15, -0.1) is 0 Å². The van der Waals surface area contributed by atoms with Crippen LogP contribution in [0.3, 0.4) is 0 Å². The topological polar surface area (TPSA) is 130 Å². The van der Waals surface area contributed by atoms with Gasteiger partial charge >= 0.3 is 6.03 Å². The van der Waals surface area contributed by atoms with E-state index >= 15 is 0 Å². The predicted octanol–water partition coefficient (Wildman–Crippen LogP) is 1.44. The number of carbonyl (C=O) groups excluding carboxylic acids is 3. The first kappa shape index (κ1) is 16.8. The maximum atomic E-state index is 12.4. The molecule has 4 amide bonds. The minimum absolute atomic E-state index is 0.0119. The highest BCUT2D eigenvalue weighted by Crippen LogP contribution is 2.26. The van der Waals surface area contributed by atoms with Crippen LogP contribution in [0.5, 0.6) is 0 Å². The molecule has 0 saturated carbocycles. The van der Waals surface area contributed by atoms with E-state index in [2.05, 4.69) is 36.5 Å². The molecule has 2 heterocycles. The van der Waals surface area contributed by atoms with Gasteiger partial charge in [0.2, 0.25) is 0 Å². The average Bonchev–Trinajstić information content (AvgIpc) is 2.90. The molecule has 1 aliphatic rings. The summed E-state index contributed by atoms with van der Waals surface area (Å²) < 4.78 is 0.371. The Morgan fingerprint density at radius 2 is 2.16 bits per heavy atom. The lowest BCUT2D eigenvalue weighted by Gasteiger charge is -2.17. The number of hydrogen-bond donors (Lipinski definition) is 3. The highest BCUT2D eigenvalue weighted by atomic mass is 79.9. The fraction of sp³-hybridized carbons (Fsp3) is 0.133. The second-order valence-electron chi connectivity index (χ2n) is 5.27. The van der Waals surface area contributed by atoms with Crippen molar-refractivity contribution < 1.29 is 14.4 Å². The Kier molecular flexibility index (Phi) is 4.36. The van der Waals surface area contributed by atoms with E-state index < -0.39 is 11.9 Å². The molecule has 0 atom stereocenters. The summed E-state index contributed by atoms with van der Waals surface area (Å²) in [6.07, 6.45) is 1.38. The zero-order valence-corrected chi connectivity index (χ0v) is 14.6. The van der Waals surface area contributed by atoms with Crippen LogP contribution in [-0.4, -0.2) is 34.4 Å². The van der Waals surface area contributed by atoms with Gasteiger partial charge in [-0.25, -0.2) is 19.7 Å². The highest BCUT2D eigenvalue weighted by Gasteiger charge is 2.31. The number of rotatable bonds is 3. The Labute approximate surface area is 150 Å². The van der Waals surface area contributed by atoms with Crippen LogP contribution in [0.4, 0.5) is 22.0 Å². The summed E-state index contributed by atoms with van der Waals surface area (Å²) in [7, 11) is 0. The zero-order chi connectivity index (χ0) is 18.1. The molecule has 10 heteroatoms. The molecule has 0 bridgehead atoms. The van der Waals surface area contributed by atoms with Crippen LogP contribution in [0.2, 0.25) is 0 Å². The second kappa shape index (κ2) is 6.48. The van der Waals surface area contributed by atoms with Gasteiger partial charge in [0.15, 0.2) is 11.5 Å². The van der Waals surface area contributed by atoms with Gasteiger partial charge in [-0.2, -0.15) is 0 Å². The third-order valence-electron chi connectivity index (χ3n) is 3.54. The maximum Gasteiger partial charge on any atom is 0.329 e. The molecule has 0 radical (unpaired) electrons. The van der Waals surface area contributed by atoms with Crippen molar-refractivity contribution in [3.8, 4) is 0 Å². The number of amides is 4. The molecular formula is C15H13BrN6O3. The molecule has 25 heavy (non-hydrogen) atoms. The van der Waals surface area contributed by atoms with Crippen molar-refractivity contribution in [2.75, 3.05) is 22.5 Å². The third-order valence-corrected chi connectivity index (χ3v) is 3.92. The number of anilines is 3. The zero-order valence-electron chi connectivity index (χ0n) is 13.0. The smallest absolute Gasteiger partial charge is 0.329 e. The normalized spacial score (nSPS) is 13.8. The highest BCUT2D eigenvalue weighted by molar-refractivity contribution is 9.10. The number of imide groups is 1. The number of halogens is 1. The number of nitrogen functional groups attached to an aromatic ring is 1. The summed E-state index contributed by atoms with van der Waals surface area (Å²) in [6, 6.07) is 4.38. The molecule has 4 N–H and O–H groups in total. The van der Waals surface area contributed by atoms with Gasteiger partial charge in [-0.05, 0) is 40.5 Å². The molecule has 9 nitrogen and oxygen atoms in total. The van der Waals surface area contributed by atoms with E-state index in [1.807, 2.05) is 0 Å². The molecule has 0 unspecified atom stereocenters. The van der Waals surface area contributed by atoms with Crippen LogP contribution in [0, 0.1) is 6.92 Å². The number of carbonyl (C=O) groups is 3. The van der Waals surface area contributed by atoms with Crippen LogP contribution < -0.4 is 21.3 Å². The lowest BCUT2D eigenvalue weighted by molar-refractivity contribution is -0.115. The van der Waals surface area contributed by atoms with Crippen LogP contribution in [-0.2, 0) is 4.79 Å². The van der Waals surface area contributed by atoms with Crippen molar-refractivity contribution in [2.24, 2.45) is 0 Å². The Morgan fingerprint density at radius 1 is 1.40 bits per heavy atom. The molecular weight excluding hydrogens is 392 g/mol. The van der Waals surface area contributed by atoms with Crippen molar-refractivity contribution in [3.05, 3.63) is 40.3 Å². The molecule has 2 aromatic rings. The first-order valence-corrected chi connectivity index (χ1v) is 7.97. The van der Waals surface area contributed by atoms with Gasteiger partial charge in [0.1, 0.15) is 4.60 Å². The Balaban J connectivity index is 1.90. The summed E-state index contributed by atoms with van der Waals surface area (Å²) in [5, 5.41) is 5.09. The summed E-state index contributed by atoms with van der Waals surface area (Å²) >= 11 is 3.13. The maximum absolute atomic E-state index is 12.4. The predicted molar refractivity (Wildman–Crippen MR) is 94.2 cm³/mol. The number of nitrogens with zero attached hydrogens (tertiary/aromatic N) is 3. The van der Waals surface area contributed by atoms with E-state index in [0.29, 0.717) is 21.5 Å². The fourth-order valence-corrected chi connectivity index (χ4v) is 2.61. The summed E-state index contributed by atoms with van der Waals surface area (Å²) in [4.78, 5) is 45.0. The molecule has 1 aliphatic heterocycles. The minimum Gasteiger partial charge on any atom is -0.382 e. The van der Waals surface area contributed by atoms with Crippen molar-refractivity contribution >= 4 is 51.0 Å². The van der Waals surface area contributed by atoms with E-state index in [-0.39, 0.29) is 24.0 Å². The van der Waals surface area contributed by atoms with Gasteiger partial charge in [0, 0.05) is 5.69 Å². The first-order chi connectivity index (χ1) is 11.9. The van der Waals surface area contributed by atoms with Crippen molar-refractivity contribution in [1.29, 1.82) is 0 Å². The van der Waals surface area contributed by atoms with Gasteiger partial charge in [-0.1, -0.05) is 6.07 Å². The molecule has 1 fully saturated rings. The lowest BCUT2D eigenvalue weighted by atomic mass is 10.1. The van der Waals surface area contributed by atoms with Gasteiger partial charge in [-0.3, -0.25) is 9.59 Å². The second-order valence-corrected chi connectivity index (χ2v) is 6.08. The number of benzene rings is 1. The van der Waals surface area contributed by atoms with E-state index in [1.54, 1.807) is 19.1 Å². The van der Waals surface area contributed by atoms with E-state index in [9.17, 15) is 14.4 Å². The summed E-state index contributed by atoms with van der Waals surface area (Å²) in [5.74, 6) is -0.931. The van der Waals surface area contributed by atoms with E-state index in [1.165, 1.54) is 12.3 Å². The first-order valence-electron chi connectivity index (χ1n) is 7.17. The Morgan fingerprint density at radius 3 is 2.84 bits per heavy atom. The van der Waals surface area contributed by atoms with Gasteiger partial charge in [0.25, 0.3) is 11.8 Å². The molecule has 3 rings (SSSR count). The fourth-order valence-electron chi connectivity index (χ4n) is 2.33. The van der Waals surface area contributed by atoms with Crippen LogP contribution in [0.25, 0.3) is 0 Å². The quantitative estimate of drug-likeness (QED) is 0.663. The molecule has 128 valence electrons. The average molecular weight is 405 g/mol. The summed E-state index contributed by atoms with van der Waals surface area (Å²) in [5.41, 5.74) is 7.13. The van der Waals surface area contributed by atoms with E-state index in [4.69, 9.17) is 5.73 Å². The largest absolute Gasteiger partial charge is 0.382 e. The van der Waals surface area contributed by atoms with Crippen LogP contribution in [0.1, 0.15) is 16.1 Å². The Bertz CT molecular complexity index is 885. The number of hydrogen-bond acceptors (Lipinski definition) is 6. The number of aromatic nitrogens is 2. The van der Waals surface area contributed by atoms with Crippen molar-refractivity contribution in [1.82, 2.24) is 15.3 Å². The standard InChI is InChI=1S/C15H13BrN6O3/c1-7-2-3-8(4-9(7)22-11(23)6-19-15(22)25)20-14(24)12-13(17)18-5-10(16)21-12/h2-5H,6H2,1H3,(H2,17,18)(H,19,25)(H,20,24). The van der Waals surface area contributed by atoms with Crippen molar-refractivity contribution in [2.45, 2.75) is 6.92 Å². The number of nitrogens with one attached hydrogen (secondary N) is 2. The molecule has 1 aromatic carbocycles. The lowest BCUT2D eigenvalue weighted by Crippen LogP contribution is -2.31. The number of urea groups is 1. The van der Waals surface area contributed by atoms with E-state index in [0.717, 1.165) is 4.90 Å². The number of aryl methyl sites for hydroxylation is 1. The SMILES string of the molecule is Cc1ccc(NC(=O)c2nc(Br)cnc2N)cc1N1C(=O)CNC1=O. The molecule has 1 saturated heterocycles. The van der Waals surface area contributed by atoms with Crippen LogP contribution in [0.15, 0.2) is 29.0 Å². The molecule has 1 aromatic heterocycles. The Hall–Kier alpha value is -3.01.